The van der Waals surface area contributed by atoms with Crippen LogP contribution >= 0.6 is 0 Å². The minimum atomic E-state index is -1.67. The SMILES string of the molecule is COc1ccc(NC(=O)CN(C)CC(=O)Nc2ccc(F)c(F)c2F)cc1. The molecule has 9 heteroatoms. The molecule has 0 radical (unpaired) electrons. The first-order valence-corrected chi connectivity index (χ1v) is 7.86. The summed E-state index contributed by atoms with van der Waals surface area (Å²) in [5.74, 6) is -4.90. The number of carbonyl (C=O) groups is 2. The fourth-order valence-corrected chi connectivity index (χ4v) is 2.23. The molecule has 27 heavy (non-hydrogen) atoms. The maximum absolute atomic E-state index is 13.6. The summed E-state index contributed by atoms with van der Waals surface area (Å²) in [4.78, 5) is 25.3. The van der Waals surface area contributed by atoms with Crippen LogP contribution in [0.3, 0.4) is 0 Å². The van der Waals surface area contributed by atoms with Crippen molar-refractivity contribution < 1.29 is 27.5 Å². The molecule has 0 fully saturated rings. The molecular formula is C18H18F3N3O3. The smallest absolute Gasteiger partial charge is 0.238 e. The van der Waals surface area contributed by atoms with Crippen LogP contribution in [0.5, 0.6) is 5.75 Å². The molecule has 0 aliphatic carbocycles. The summed E-state index contributed by atoms with van der Waals surface area (Å²) in [6.45, 7) is -0.367. The molecule has 2 rings (SSSR count). The minimum Gasteiger partial charge on any atom is -0.497 e. The highest BCUT2D eigenvalue weighted by Crippen LogP contribution is 2.19. The molecule has 0 aromatic heterocycles. The van der Waals surface area contributed by atoms with Gasteiger partial charge in [-0.2, -0.15) is 0 Å². The van der Waals surface area contributed by atoms with Gasteiger partial charge < -0.3 is 15.4 Å². The molecule has 0 aliphatic heterocycles. The van der Waals surface area contributed by atoms with E-state index in [-0.39, 0.29) is 19.0 Å². The number of benzene rings is 2. The molecule has 2 amide bonds. The number of halogens is 3. The van der Waals surface area contributed by atoms with E-state index in [1.165, 1.54) is 19.1 Å². The van der Waals surface area contributed by atoms with E-state index in [9.17, 15) is 22.8 Å². The van der Waals surface area contributed by atoms with Crippen LogP contribution in [-0.4, -0.2) is 44.0 Å². The van der Waals surface area contributed by atoms with Crippen molar-refractivity contribution >= 4 is 23.2 Å². The third-order valence-corrected chi connectivity index (χ3v) is 3.51. The maximum Gasteiger partial charge on any atom is 0.238 e. The van der Waals surface area contributed by atoms with E-state index in [2.05, 4.69) is 10.6 Å². The Morgan fingerprint density at radius 3 is 2.11 bits per heavy atom. The number of anilines is 2. The van der Waals surface area contributed by atoms with Crippen molar-refractivity contribution in [2.24, 2.45) is 0 Å². The van der Waals surface area contributed by atoms with Gasteiger partial charge in [0, 0.05) is 5.69 Å². The Hall–Kier alpha value is -3.07. The Kier molecular flexibility index (Phi) is 6.78. The second kappa shape index (κ2) is 9.04. The first-order chi connectivity index (χ1) is 12.8. The van der Waals surface area contributed by atoms with Gasteiger partial charge in [0.15, 0.2) is 17.5 Å². The van der Waals surface area contributed by atoms with Crippen LogP contribution in [0.1, 0.15) is 0 Å². The molecule has 2 N–H and O–H groups in total. The monoisotopic (exact) mass is 381 g/mol. The molecule has 0 saturated heterocycles. The number of hydrogen-bond acceptors (Lipinski definition) is 4. The first-order valence-electron chi connectivity index (χ1n) is 7.86. The lowest BCUT2D eigenvalue weighted by Crippen LogP contribution is -2.36. The summed E-state index contributed by atoms with van der Waals surface area (Å²) in [7, 11) is 3.04. The molecule has 0 aliphatic rings. The lowest BCUT2D eigenvalue weighted by atomic mass is 10.2. The number of hydrogen-bond donors (Lipinski definition) is 2. The molecule has 0 spiro atoms. The van der Waals surface area contributed by atoms with Gasteiger partial charge in [-0.25, -0.2) is 13.2 Å². The average Bonchev–Trinajstić information content (AvgIpc) is 2.62. The third-order valence-electron chi connectivity index (χ3n) is 3.51. The van der Waals surface area contributed by atoms with Crippen LogP contribution in [-0.2, 0) is 9.59 Å². The Labute approximate surface area is 153 Å². The summed E-state index contributed by atoms with van der Waals surface area (Å²) < 4.78 is 44.6. The number of nitrogens with zero attached hydrogens (tertiary/aromatic N) is 1. The lowest BCUT2D eigenvalue weighted by molar-refractivity contribution is -0.119. The summed E-state index contributed by atoms with van der Waals surface area (Å²) in [5, 5.41) is 4.79. The Balaban J connectivity index is 1.85. The van der Waals surface area contributed by atoms with Crippen LogP contribution in [0.2, 0.25) is 0 Å². The van der Waals surface area contributed by atoms with Gasteiger partial charge in [0.25, 0.3) is 0 Å². The van der Waals surface area contributed by atoms with E-state index in [4.69, 9.17) is 4.74 Å². The van der Waals surface area contributed by atoms with E-state index in [1.807, 2.05) is 0 Å². The Bertz CT molecular complexity index is 829. The summed E-state index contributed by atoms with van der Waals surface area (Å²) in [6, 6.07) is 8.32. The number of carbonyl (C=O) groups excluding carboxylic acids is 2. The largest absolute Gasteiger partial charge is 0.497 e. The molecule has 0 bridgehead atoms. The number of ether oxygens (including phenoxy) is 1. The molecule has 6 nitrogen and oxygen atoms in total. The van der Waals surface area contributed by atoms with Crippen LogP contribution in [0, 0.1) is 17.5 Å². The molecule has 0 unspecified atom stereocenters. The highest BCUT2D eigenvalue weighted by atomic mass is 19.2. The van der Waals surface area contributed by atoms with Crippen LogP contribution < -0.4 is 15.4 Å². The third kappa shape index (κ3) is 5.71. The zero-order valence-corrected chi connectivity index (χ0v) is 14.7. The van der Waals surface area contributed by atoms with E-state index >= 15 is 0 Å². The molecule has 0 heterocycles. The van der Waals surface area contributed by atoms with Gasteiger partial charge >= 0.3 is 0 Å². The molecule has 0 saturated carbocycles. The van der Waals surface area contributed by atoms with Crippen LogP contribution in [0.15, 0.2) is 36.4 Å². The average molecular weight is 381 g/mol. The number of rotatable bonds is 7. The molecule has 0 atom stereocenters. The number of nitrogens with one attached hydrogen (secondary N) is 2. The zero-order chi connectivity index (χ0) is 20.0. The maximum atomic E-state index is 13.6. The minimum absolute atomic E-state index is 0.111. The van der Waals surface area contributed by atoms with E-state index < -0.39 is 29.0 Å². The number of methoxy groups -OCH3 is 1. The number of amides is 2. The standard InChI is InChI=1S/C18H18F3N3O3/c1-24(9-15(25)22-11-3-5-12(27-2)6-4-11)10-16(26)23-14-8-7-13(19)17(20)18(14)21/h3-8H,9-10H2,1-2H3,(H,22,25)(H,23,26). The summed E-state index contributed by atoms with van der Waals surface area (Å²) >= 11 is 0. The van der Waals surface area contributed by atoms with Crippen molar-refractivity contribution in [1.82, 2.24) is 4.90 Å². The van der Waals surface area contributed by atoms with Gasteiger partial charge in [-0.1, -0.05) is 0 Å². The van der Waals surface area contributed by atoms with Crippen LogP contribution in [0.25, 0.3) is 0 Å². The Morgan fingerprint density at radius 1 is 0.926 bits per heavy atom. The van der Waals surface area contributed by atoms with Crippen molar-refractivity contribution in [3.63, 3.8) is 0 Å². The van der Waals surface area contributed by atoms with Gasteiger partial charge in [0.2, 0.25) is 11.8 Å². The molecule has 2 aromatic carbocycles. The quantitative estimate of drug-likeness (QED) is 0.724. The van der Waals surface area contributed by atoms with Crippen LogP contribution in [0.4, 0.5) is 24.5 Å². The van der Waals surface area contributed by atoms with Crippen molar-refractivity contribution in [1.29, 1.82) is 0 Å². The first kappa shape index (κ1) is 20.2. The highest BCUT2D eigenvalue weighted by molar-refractivity contribution is 5.94. The molecule has 144 valence electrons. The fraction of sp³-hybridized carbons (Fsp3) is 0.222. The van der Waals surface area contributed by atoms with E-state index in [0.717, 1.165) is 6.07 Å². The van der Waals surface area contributed by atoms with Gasteiger partial charge in [-0.3, -0.25) is 14.5 Å². The van der Waals surface area contributed by atoms with Crippen molar-refractivity contribution in [3.8, 4) is 5.75 Å². The summed E-state index contributed by atoms with van der Waals surface area (Å²) in [6.07, 6.45) is 0. The van der Waals surface area contributed by atoms with Crippen molar-refractivity contribution in [2.75, 3.05) is 37.9 Å². The predicted octanol–water partition coefficient (Wildman–Crippen LogP) is 2.62. The second-order valence-corrected chi connectivity index (χ2v) is 5.72. The normalized spacial score (nSPS) is 10.6. The molecular weight excluding hydrogens is 363 g/mol. The molecule has 2 aromatic rings. The topological polar surface area (TPSA) is 70.7 Å². The number of likely N-dealkylation sites (N-methyl/N-ethyl adjacent to an activating group) is 1. The highest BCUT2D eigenvalue weighted by Gasteiger charge is 2.16. The zero-order valence-electron chi connectivity index (χ0n) is 14.7. The van der Waals surface area contributed by atoms with Crippen molar-refractivity contribution in [3.05, 3.63) is 53.8 Å². The van der Waals surface area contributed by atoms with E-state index in [1.54, 1.807) is 24.3 Å². The summed E-state index contributed by atoms with van der Waals surface area (Å²) in [5.41, 5.74) is 0.0810. The van der Waals surface area contributed by atoms with Gasteiger partial charge in [0.1, 0.15) is 5.75 Å². The van der Waals surface area contributed by atoms with Gasteiger partial charge in [-0.05, 0) is 43.4 Å². The van der Waals surface area contributed by atoms with Crippen molar-refractivity contribution in [2.45, 2.75) is 0 Å². The van der Waals surface area contributed by atoms with Gasteiger partial charge in [0.05, 0.1) is 25.9 Å². The second-order valence-electron chi connectivity index (χ2n) is 5.72. The van der Waals surface area contributed by atoms with Gasteiger partial charge in [-0.15, -0.1) is 0 Å². The van der Waals surface area contributed by atoms with E-state index in [0.29, 0.717) is 17.5 Å². The predicted molar refractivity (Wildman–Crippen MR) is 94.1 cm³/mol. The fourth-order valence-electron chi connectivity index (χ4n) is 2.23. The Morgan fingerprint density at radius 2 is 1.52 bits per heavy atom. The lowest BCUT2D eigenvalue weighted by Gasteiger charge is -2.16.